The number of aromatic nitrogens is 1. The van der Waals surface area contributed by atoms with Crippen LogP contribution in [0, 0.1) is 0 Å². The number of alkyl halides is 1. The topological polar surface area (TPSA) is 73.6 Å². The standard InChI is InChI=1S/C15H16ClFN2O4/c1-9(17)22-6-5-18-15(20)13-14(23-8-19-13)10-3-4-12(21-2)11(16)7-10/h3-4,7-9H,5-6H2,1-2H3,(H,18,20)/i17-1. The number of benzene rings is 1. The van der Waals surface area contributed by atoms with E-state index in [0.717, 1.165) is 0 Å². The van der Waals surface area contributed by atoms with E-state index in [1.807, 2.05) is 0 Å². The van der Waals surface area contributed by atoms with Crippen molar-refractivity contribution in [3.05, 3.63) is 35.3 Å². The summed E-state index contributed by atoms with van der Waals surface area (Å²) >= 11 is 6.07. The number of halogens is 2. The first-order valence-corrected chi connectivity index (χ1v) is 7.22. The first kappa shape index (κ1) is 17.2. The van der Waals surface area contributed by atoms with Crippen molar-refractivity contribution >= 4 is 17.5 Å². The Morgan fingerprint density at radius 2 is 2.30 bits per heavy atom. The van der Waals surface area contributed by atoms with E-state index in [0.29, 0.717) is 16.3 Å². The largest absolute Gasteiger partial charge is 0.495 e. The number of nitrogens with zero attached hydrogens (tertiary/aromatic N) is 1. The molecule has 8 heteroatoms. The summed E-state index contributed by atoms with van der Waals surface area (Å²) < 4.78 is 27.6. The molecular formula is C15H16ClFN2O4. The summed E-state index contributed by atoms with van der Waals surface area (Å²) in [6.45, 7) is 1.48. The van der Waals surface area contributed by atoms with Crippen molar-refractivity contribution < 1.29 is 23.1 Å². The van der Waals surface area contributed by atoms with Gasteiger partial charge in [-0.2, -0.15) is 0 Å². The number of carbonyl (C=O) groups excluding carboxylic acids is 1. The van der Waals surface area contributed by atoms with Crippen LogP contribution >= 0.6 is 11.6 Å². The average molecular weight is 342 g/mol. The minimum absolute atomic E-state index is 0.0605. The van der Waals surface area contributed by atoms with Gasteiger partial charge >= 0.3 is 0 Å². The van der Waals surface area contributed by atoms with Gasteiger partial charge < -0.3 is 19.2 Å². The summed E-state index contributed by atoms with van der Waals surface area (Å²) in [5, 5.41) is 2.96. The van der Waals surface area contributed by atoms with Gasteiger partial charge in [-0.05, 0) is 25.1 Å². The molecular weight excluding hydrogens is 326 g/mol. The van der Waals surface area contributed by atoms with Gasteiger partial charge in [0.05, 0.1) is 18.7 Å². The van der Waals surface area contributed by atoms with Crippen LogP contribution in [0.2, 0.25) is 5.02 Å². The molecule has 1 heterocycles. The molecule has 124 valence electrons. The second kappa shape index (κ2) is 7.94. The fourth-order valence-electron chi connectivity index (χ4n) is 1.89. The summed E-state index contributed by atoms with van der Waals surface area (Å²) in [5.74, 6) is 0.348. The number of methoxy groups -OCH3 is 1. The van der Waals surface area contributed by atoms with Gasteiger partial charge in [-0.15, -0.1) is 0 Å². The van der Waals surface area contributed by atoms with Crippen LogP contribution in [0.3, 0.4) is 0 Å². The van der Waals surface area contributed by atoms with Crippen LogP contribution in [-0.2, 0) is 4.74 Å². The number of oxazole rings is 1. The zero-order valence-corrected chi connectivity index (χ0v) is 13.4. The SMILES string of the molecule is COc1ccc(-c2ocnc2C(=O)NCCOC(C)[18F])cc1Cl. The number of amides is 1. The first-order chi connectivity index (χ1) is 11.0. The summed E-state index contributed by atoms with van der Waals surface area (Å²) in [7, 11) is 1.51. The second-order valence-electron chi connectivity index (χ2n) is 4.55. The highest BCUT2D eigenvalue weighted by atomic mass is 35.5. The van der Waals surface area contributed by atoms with Crippen molar-refractivity contribution in [3.8, 4) is 17.1 Å². The maximum atomic E-state index is 12.5. The lowest BCUT2D eigenvalue weighted by atomic mass is 10.1. The van der Waals surface area contributed by atoms with Gasteiger partial charge in [0.15, 0.2) is 24.2 Å². The zero-order valence-electron chi connectivity index (χ0n) is 12.6. The molecule has 1 amide bonds. The predicted octanol–water partition coefficient (Wildman–Crippen LogP) is 3.07. The molecule has 1 N–H and O–H groups in total. The van der Waals surface area contributed by atoms with Crippen molar-refractivity contribution in [2.75, 3.05) is 20.3 Å². The summed E-state index contributed by atoms with van der Waals surface area (Å²) in [4.78, 5) is 16.0. The van der Waals surface area contributed by atoms with Gasteiger partial charge in [0, 0.05) is 12.1 Å². The monoisotopic (exact) mass is 341 g/mol. The third-order valence-electron chi connectivity index (χ3n) is 2.93. The van der Waals surface area contributed by atoms with E-state index >= 15 is 0 Å². The lowest BCUT2D eigenvalue weighted by molar-refractivity contribution is -0.0221. The van der Waals surface area contributed by atoms with Crippen molar-refractivity contribution in [2.24, 2.45) is 0 Å². The molecule has 0 fully saturated rings. The van der Waals surface area contributed by atoms with E-state index in [1.54, 1.807) is 18.2 Å². The van der Waals surface area contributed by atoms with Gasteiger partial charge in [-0.3, -0.25) is 4.79 Å². The number of hydrogen-bond donors (Lipinski definition) is 1. The molecule has 0 aliphatic carbocycles. The molecule has 0 radical (unpaired) electrons. The fourth-order valence-corrected chi connectivity index (χ4v) is 2.15. The second-order valence-corrected chi connectivity index (χ2v) is 4.96. The lowest BCUT2D eigenvalue weighted by Crippen LogP contribution is -2.28. The highest BCUT2D eigenvalue weighted by Gasteiger charge is 2.19. The molecule has 0 aliphatic heterocycles. The Bertz CT molecular complexity index is 675. The maximum absolute atomic E-state index is 12.5. The number of rotatable bonds is 7. The molecule has 0 saturated heterocycles. The van der Waals surface area contributed by atoms with Crippen molar-refractivity contribution in [2.45, 2.75) is 13.3 Å². The quantitative estimate of drug-likeness (QED) is 0.783. The van der Waals surface area contributed by atoms with Crippen molar-refractivity contribution in [3.63, 3.8) is 0 Å². The smallest absolute Gasteiger partial charge is 0.274 e. The van der Waals surface area contributed by atoms with Crippen molar-refractivity contribution in [1.29, 1.82) is 0 Å². The van der Waals surface area contributed by atoms with Crippen LogP contribution in [-0.4, -0.2) is 37.5 Å². The molecule has 23 heavy (non-hydrogen) atoms. The Morgan fingerprint density at radius 3 is 2.96 bits per heavy atom. The van der Waals surface area contributed by atoms with E-state index in [4.69, 9.17) is 25.5 Å². The van der Waals surface area contributed by atoms with Crippen LogP contribution in [0.1, 0.15) is 17.4 Å². The molecule has 1 aromatic heterocycles. The minimum atomic E-state index is -1.38. The third-order valence-corrected chi connectivity index (χ3v) is 3.23. The highest BCUT2D eigenvalue weighted by molar-refractivity contribution is 6.32. The molecule has 6 nitrogen and oxygen atoms in total. The van der Waals surface area contributed by atoms with E-state index in [-0.39, 0.29) is 24.6 Å². The lowest BCUT2D eigenvalue weighted by Gasteiger charge is -2.07. The normalized spacial score (nSPS) is 12.0. The molecule has 1 unspecified atom stereocenters. The Labute approximate surface area is 137 Å². The van der Waals surface area contributed by atoms with E-state index in [9.17, 15) is 9.18 Å². The number of ether oxygens (including phenoxy) is 2. The molecule has 0 aliphatic rings. The first-order valence-electron chi connectivity index (χ1n) is 6.84. The van der Waals surface area contributed by atoms with Gasteiger partial charge in [0.25, 0.3) is 5.91 Å². The minimum Gasteiger partial charge on any atom is -0.495 e. The maximum Gasteiger partial charge on any atom is 0.274 e. The highest BCUT2D eigenvalue weighted by Crippen LogP contribution is 2.31. The van der Waals surface area contributed by atoms with Crippen LogP contribution in [0.4, 0.5) is 4.39 Å². The van der Waals surface area contributed by atoms with Crippen LogP contribution in [0.5, 0.6) is 5.75 Å². The van der Waals surface area contributed by atoms with Crippen LogP contribution < -0.4 is 10.1 Å². The van der Waals surface area contributed by atoms with Gasteiger partial charge in [0.2, 0.25) is 0 Å². The summed E-state index contributed by atoms with van der Waals surface area (Å²) in [6.07, 6.45) is -0.210. The Morgan fingerprint density at radius 1 is 1.52 bits per heavy atom. The third kappa shape index (κ3) is 4.43. The van der Waals surface area contributed by atoms with Crippen LogP contribution in [0.15, 0.2) is 29.0 Å². The molecule has 0 saturated carbocycles. The molecule has 2 aromatic rings. The number of carbonyl (C=O) groups is 1. The zero-order chi connectivity index (χ0) is 16.8. The van der Waals surface area contributed by atoms with E-state index < -0.39 is 12.3 Å². The molecule has 0 spiro atoms. The number of nitrogens with one attached hydrogen (secondary N) is 1. The molecule has 0 bridgehead atoms. The summed E-state index contributed by atoms with van der Waals surface area (Å²) in [6, 6.07) is 4.99. The van der Waals surface area contributed by atoms with Gasteiger partial charge in [-0.25, -0.2) is 9.37 Å². The van der Waals surface area contributed by atoms with E-state index in [2.05, 4.69) is 10.3 Å². The molecule has 1 atom stereocenters. The van der Waals surface area contributed by atoms with Crippen LogP contribution in [0.25, 0.3) is 11.3 Å². The Kier molecular flexibility index (Phi) is 5.95. The van der Waals surface area contributed by atoms with Crippen molar-refractivity contribution in [1.82, 2.24) is 10.3 Å². The fraction of sp³-hybridized carbons (Fsp3) is 0.333. The average Bonchev–Trinajstić information content (AvgIpc) is 3.00. The Hall–Kier alpha value is -2.12. The predicted molar refractivity (Wildman–Crippen MR) is 82.4 cm³/mol. The van der Waals surface area contributed by atoms with Gasteiger partial charge in [0.1, 0.15) is 5.75 Å². The number of hydrogen-bond acceptors (Lipinski definition) is 5. The van der Waals surface area contributed by atoms with E-state index in [1.165, 1.54) is 20.4 Å². The molecule has 1 aromatic carbocycles. The summed E-state index contributed by atoms with van der Waals surface area (Å²) in [5.41, 5.74) is 0.701. The Balaban J connectivity index is 2.10. The molecule has 2 rings (SSSR count). The van der Waals surface area contributed by atoms with Gasteiger partial charge in [-0.1, -0.05) is 11.6 Å².